The molecule has 0 aromatic carbocycles. The van der Waals surface area contributed by atoms with Crippen molar-refractivity contribution in [2.45, 2.75) is 71.1 Å². The molecule has 0 aromatic rings. The fourth-order valence-electron chi connectivity index (χ4n) is 3.02. The van der Waals surface area contributed by atoms with Gasteiger partial charge in [0.2, 0.25) is 11.8 Å². The smallest absolute Gasteiger partial charge is 0.246 e. The van der Waals surface area contributed by atoms with E-state index >= 15 is 0 Å². The summed E-state index contributed by atoms with van der Waals surface area (Å²) in [6.07, 6.45) is 2.66. The minimum absolute atomic E-state index is 0.00721. The maximum absolute atomic E-state index is 12.7. The van der Waals surface area contributed by atoms with E-state index in [1.165, 1.54) is 0 Å². The molecule has 21 heavy (non-hydrogen) atoms. The lowest BCUT2D eigenvalue weighted by Gasteiger charge is -2.46. The van der Waals surface area contributed by atoms with Crippen LogP contribution >= 0.6 is 0 Å². The second-order valence-corrected chi connectivity index (χ2v) is 7.31. The van der Waals surface area contributed by atoms with Gasteiger partial charge in [-0.3, -0.25) is 9.59 Å². The van der Waals surface area contributed by atoms with Crippen LogP contribution in [0.25, 0.3) is 0 Å². The van der Waals surface area contributed by atoms with Crippen LogP contribution in [-0.4, -0.2) is 47.0 Å². The first-order valence-corrected chi connectivity index (χ1v) is 7.96. The molecule has 2 atom stereocenters. The Labute approximate surface area is 127 Å². The Kier molecular flexibility index (Phi) is 4.34. The van der Waals surface area contributed by atoms with Gasteiger partial charge in [-0.2, -0.15) is 0 Å². The fraction of sp³-hybridized carbons (Fsp3) is 0.875. The highest BCUT2D eigenvalue weighted by atomic mass is 16.5. The van der Waals surface area contributed by atoms with Crippen molar-refractivity contribution in [3.63, 3.8) is 0 Å². The number of rotatable bonds is 5. The average molecular weight is 296 g/mol. The molecule has 1 saturated carbocycles. The number of amides is 2. The zero-order valence-corrected chi connectivity index (χ0v) is 13.9. The first kappa shape index (κ1) is 16.3. The van der Waals surface area contributed by atoms with E-state index < -0.39 is 5.54 Å². The molecule has 5 nitrogen and oxygen atoms in total. The standard InChI is InChI=1S/C16H28N2O3/c1-6-12-13(19)18(9-10-21-15(2,3)4)16(5,11-7-8-11)14(20)17-12/h11-12H,6-10H2,1-5H3,(H,17,20). The van der Waals surface area contributed by atoms with E-state index in [1.807, 2.05) is 34.6 Å². The number of hydrogen-bond donors (Lipinski definition) is 1. The van der Waals surface area contributed by atoms with Crippen molar-refractivity contribution in [3.8, 4) is 0 Å². The van der Waals surface area contributed by atoms with Crippen molar-refractivity contribution in [2.75, 3.05) is 13.2 Å². The Hall–Kier alpha value is -1.10. The lowest BCUT2D eigenvalue weighted by atomic mass is 9.87. The van der Waals surface area contributed by atoms with Gasteiger partial charge in [-0.25, -0.2) is 0 Å². The predicted octanol–water partition coefficient (Wildman–Crippen LogP) is 1.71. The molecule has 0 spiro atoms. The van der Waals surface area contributed by atoms with Crippen LogP contribution in [0.5, 0.6) is 0 Å². The summed E-state index contributed by atoms with van der Waals surface area (Å²) in [5.41, 5.74) is -0.939. The summed E-state index contributed by atoms with van der Waals surface area (Å²) < 4.78 is 5.75. The van der Waals surface area contributed by atoms with Gasteiger partial charge in [0.05, 0.1) is 12.2 Å². The van der Waals surface area contributed by atoms with Crippen LogP contribution in [0.1, 0.15) is 53.9 Å². The Bertz CT molecular complexity index is 426. The molecule has 1 aliphatic heterocycles. The molecule has 0 radical (unpaired) electrons. The van der Waals surface area contributed by atoms with Crippen molar-refractivity contribution in [3.05, 3.63) is 0 Å². The monoisotopic (exact) mass is 296 g/mol. The van der Waals surface area contributed by atoms with Crippen molar-refractivity contribution in [1.29, 1.82) is 0 Å². The highest BCUT2D eigenvalue weighted by Crippen LogP contribution is 2.44. The van der Waals surface area contributed by atoms with Crippen LogP contribution in [-0.2, 0) is 14.3 Å². The van der Waals surface area contributed by atoms with Gasteiger partial charge in [0.25, 0.3) is 0 Å². The van der Waals surface area contributed by atoms with Crippen LogP contribution in [0.2, 0.25) is 0 Å². The number of carbonyl (C=O) groups excluding carboxylic acids is 2. The van der Waals surface area contributed by atoms with E-state index in [0.717, 1.165) is 12.8 Å². The molecule has 2 aliphatic rings. The second kappa shape index (κ2) is 5.59. The maximum Gasteiger partial charge on any atom is 0.246 e. The number of piperazine rings is 1. The Morgan fingerprint density at radius 3 is 2.43 bits per heavy atom. The molecule has 2 unspecified atom stereocenters. The maximum atomic E-state index is 12.7. The first-order chi connectivity index (χ1) is 9.70. The predicted molar refractivity (Wildman–Crippen MR) is 80.8 cm³/mol. The van der Waals surface area contributed by atoms with E-state index in [4.69, 9.17) is 4.74 Å². The average Bonchev–Trinajstić information content (AvgIpc) is 3.21. The van der Waals surface area contributed by atoms with Crippen molar-refractivity contribution < 1.29 is 14.3 Å². The van der Waals surface area contributed by atoms with Gasteiger partial charge in [-0.05, 0) is 52.9 Å². The quantitative estimate of drug-likeness (QED) is 0.840. The summed E-state index contributed by atoms with van der Waals surface area (Å²) in [5.74, 6) is 0.310. The third-order valence-electron chi connectivity index (χ3n) is 4.52. The topological polar surface area (TPSA) is 58.6 Å². The van der Waals surface area contributed by atoms with Gasteiger partial charge in [0.15, 0.2) is 0 Å². The lowest BCUT2D eigenvalue weighted by molar-refractivity contribution is -0.160. The summed E-state index contributed by atoms with van der Waals surface area (Å²) in [7, 11) is 0. The molecule has 1 saturated heterocycles. The number of hydrogen-bond acceptors (Lipinski definition) is 3. The molecular formula is C16H28N2O3. The van der Waals surface area contributed by atoms with E-state index in [9.17, 15) is 9.59 Å². The van der Waals surface area contributed by atoms with Crippen LogP contribution in [0.15, 0.2) is 0 Å². The Morgan fingerprint density at radius 1 is 1.33 bits per heavy atom. The molecule has 0 bridgehead atoms. The number of nitrogens with zero attached hydrogens (tertiary/aromatic N) is 1. The Morgan fingerprint density at radius 2 is 1.95 bits per heavy atom. The number of carbonyl (C=O) groups is 2. The molecule has 5 heteroatoms. The molecular weight excluding hydrogens is 268 g/mol. The van der Waals surface area contributed by atoms with Crippen molar-refractivity contribution in [1.82, 2.24) is 10.2 Å². The molecule has 2 amide bonds. The first-order valence-electron chi connectivity index (χ1n) is 7.96. The normalized spacial score (nSPS) is 30.5. The molecule has 1 N–H and O–H groups in total. The number of ether oxygens (including phenoxy) is 1. The minimum Gasteiger partial charge on any atom is -0.374 e. The van der Waals surface area contributed by atoms with Gasteiger partial charge >= 0.3 is 0 Å². The fourth-order valence-corrected chi connectivity index (χ4v) is 3.02. The Balaban J connectivity index is 2.14. The summed E-state index contributed by atoms with van der Waals surface area (Å²) in [6.45, 7) is 10.7. The molecule has 2 fully saturated rings. The van der Waals surface area contributed by atoms with Crippen LogP contribution in [0.4, 0.5) is 0 Å². The van der Waals surface area contributed by atoms with Crippen molar-refractivity contribution >= 4 is 11.8 Å². The third-order valence-corrected chi connectivity index (χ3v) is 4.52. The molecule has 1 aliphatic carbocycles. The molecule has 1 heterocycles. The lowest BCUT2D eigenvalue weighted by Crippen LogP contribution is -2.70. The zero-order valence-electron chi connectivity index (χ0n) is 13.9. The van der Waals surface area contributed by atoms with Gasteiger partial charge in [0, 0.05) is 6.54 Å². The van der Waals surface area contributed by atoms with Crippen LogP contribution in [0.3, 0.4) is 0 Å². The summed E-state index contributed by atoms with van der Waals surface area (Å²) in [6, 6.07) is -0.390. The van der Waals surface area contributed by atoms with Gasteiger partial charge in [-0.15, -0.1) is 0 Å². The highest BCUT2D eigenvalue weighted by Gasteiger charge is 2.56. The highest BCUT2D eigenvalue weighted by molar-refractivity contribution is 6.00. The van der Waals surface area contributed by atoms with Crippen molar-refractivity contribution in [2.24, 2.45) is 5.92 Å². The summed E-state index contributed by atoms with van der Waals surface area (Å²) in [5, 5.41) is 2.89. The van der Waals surface area contributed by atoms with E-state index in [1.54, 1.807) is 4.90 Å². The van der Waals surface area contributed by atoms with E-state index in [-0.39, 0.29) is 29.4 Å². The van der Waals surface area contributed by atoms with Gasteiger partial charge in [-0.1, -0.05) is 6.92 Å². The van der Waals surface area contributed by atoms with Gasteiger partial charge < -0.3 is 15.0 Å². The van der Waals surface area contributed by atoms with Crippen LogP contribution in [0, 0.1) is 5.92 Å². The van der Waals surface area contributed by atoms with E-state index in [2.05, 4.69) is 5.32 Å². The SMILES string of the molecule is CCC1NC(=O)C(C)(C2CC2)N(CCOC(C)(C)C)C1=O. The molecule has 0 aromatic heterocycles. The van der Waals surface area contributed by atoms with Crippen LogP contribution < -0.4 is 5.32 Å². The second-order valence-electron chi connectivity index (χ2n) is 7.31. The zero-order chi connectivity index (χ0) is 15.8. The summed E-state index contributed by atoms with van der Waals surface area (Å²) >= 11 is 0. The minimum atomic E-state index is -0.704. The largest absolute Gasteiger partial charge is 0.374 e. The number of nitrogens with one attached hydrogen (secondary N) is 1. The van der Waals surface area contributed by atoms with E-state index in [0.29, 0.717) is 19.6 Å². The third kappa shape index (κ3) is 3.23. The van der Waals surface area contributed by atoms with Gasteiger partial charge in [0.1, 0.15) is 11.6 Å². The summed E-state index contributed by atoms with van der Waals surface area (Å²) in [4.78, 5) is 27.0. The molecule has 120 valence electrons. The molecule has 2 rings (SSSR count).